The van der Waals surface area contributed by atoms with E-state index < -0.39 is 31.2 Å². The molecule has 0 spiro atoms. The molecule has 3 nitrogen and oxygen atoms in total. The standard InChI is InChI=1S/C13H14F5NO2/c1-2-21-12(20)10(19-7-13(16,17)18)8-3-5-9(6-4-8)11(14)15/h3-6,10-11,19H,2,7H2,1H3. The third kappa shape index (κ3) is 5.66. The molecule has 1 aromatic carbocycles. The van der Waals surface area contributed by atoms with E-state index in [4.69, 9.17) is 0 Å². The van der Waals surface area contributed by atoms with Gasteiger partial charge in [0.05, 0.1) is 13.2 Å². The van der Waals surface area contributed by atoms with E-state index in [1.54, 1.807) is 0 Å². The van der Waals surface area contributed by atoms with Gasteiger partial charge in [-0.1, -0.05) is 24.3 Å². The number of hydrogen-bond donors (Lipinski definition) is 1. The molecule has 1 rings (SSSR count). The predicted octanol–water partition coefficient (Wildman–Crippen LogP) is 3.38. The number of hydrogen-bond acceptors (Lipinski definition) is 3. The number of carbonyl (C=O) groups is 1. The van der Waals surface area contributed by atoms with Gasteiger partial charge < -0.3 is 4.74 Å². The maximum Gasteiger partial charge on any atom is 0.401 e. The predicted molar refractivity (Wildman–Crippen MR) is 64.8 cm³/mol. The normalized spacial score (nSPS) is 13.3. The molecule has 21 heavy (non-hydrogen) atoms. The highest BCUT2D eigenvalue weighted by molar-refractivity contribution is 5.77. The fourth-order valence-corrected chi connectivity index (χ4v) is 1.61. The Morgan fingerprint density at radius 3 is 2.14 bits per heavy atom. The fourth-order valence-electron chi connectivity index (χ4n) is 1.61. The summed E-state index contributed by atoms with van der Waals surface area (Å²) in [5, 5.41) is 2.02. The number of esters is 1. The number of halogens is 5. The average Bonchev–Trinajstić information content (AvgIpc) is 2.38. The molecule has 0 aliphatic heterocycles. The molecular formula is C13H14F5NO2. The van der Waals surface area contributed by atoms with E-state index in [1.807, 2.05) is 5.32 Å². The molecule has 0 aliphatic rings. The van der Waals surface area contributed by atoms with Crippen molar-refractivity contribution in [1.82, 2.24) is 5.32 Å². The van der Waals surface area contributed by atoms with E-state index in [0.717, 1.165) is 12.1 Å². The van der Waals surface area contributed by atoms with Gasteiger partial charge in [-0.05, 0) is 12.5 Å². The molecule has 1 atom stereocenters. The maximum atomic E-state index is 12.4. The van der Waals surface area contributed by atoms with Crippen molar-refractivity contribution in [1.29, 1.82) is 0 Å². The van der Waals surface area contributed by atoms with E-state index in [1.165, 1.54) is 19.1 Å². The first kappa shape index (κ1) is 17.4. The van der Waals surface area contributed by atoms with Crippen molar-refractivity contribution < 1.29 is 31.5 Å². The van der Waals surface area contributed by atoms with Gasteiger partial charge in [-0.3, -0.25) is 5.32 Å². The van der Waals surface area contributed by atoms with Gasteiger partial charge in [0.1, 0.15) is 6.04 Å². The van der Waals surface area contributed by atoms with Crippen LogP contribution in [-0.2, 0) is 9.53 Å². The van der Waals surface area contributed by atoms with E-state index in [2.05, 4.69) is 4.74 Å². The molecule has 1 unspecified atom stereocenters. The Morgan fingerprint density at radius 1 is 1.19 bits per heavy atom. The summed E-state index contributed by atoms with van der Waals surface area (Å²) in [6.45, 7) is 0.115. The topological polar surface area (TPSA) is 38.3 Å². The number of nitrogens with one attached hydrogen (secondary N) is 1. The Morgan fingerprint density at radius 2 is 1.71 bits per heavy atom. The van der Waals surface area contributed by atoms with Gasteiger partial charge >= 0.3 is 12.1 Å². The molecule has 0 bridgehead atoms. The van der Waals surface area contributed by atoms with Crippen LogP contribution in [0.4, 0.5) is 22.0 Å². The van der Waals surface area contributed by atoms with Gasteiger partial charge in [-0.25, -0.2) is 13.6 Å². The maximum absolute atomic E-state index is 12.4. The van der Waals surface area contributed by atoms with Gasteiger partial charge in [0.25, 0.3) is 6.43 Å². The lowest BCUT2D eigenvalue weighted by Gasteiger charge is -2.19. The lowest BCUT2D eigenvalue weighted by atomic mass is 10.0. The van der Waals surface area contributed by atoms with Crippen molar-refractivity contribution in [3.05, 3.63) is 35.4 Å². The van der Waals surface area contributed by atoms with Gasteiger partial charge in [-0.15, -0.1) is 0 Å². The van der Waals surface area contributed by atoms with Crippen LogP contribution in [0.25, 0.3) is 0 Å². The summed E-state index contributed by atoms with van der Waals surface area (Å²) in [7, 11) is 0. The van der Waals surface area contributed by atoms with Crippen LogP contribution >= 0.6 is 0 Å². The second-order valence-electron chi connectivity index (χ2n) is 4.15. The van der Waals surface area contributed by atoms with E-state index >= 15 is 0 Å². The summed E-state index contributed by atoms with van der Waals surface area (Å²) in [6.07, 6.45) is -7.20. The average molecular weight is 311 g/mol. The monoisotopic (exact) mass is 311 g/mol. The first-order chi connectivity index (χ1) is 9.74. The summed E-state index contributed by atoms with van der Waals surface area (Å²) in [5.41, 5.74) is -0.153. The molecule has 0 amide bonds. The smallest absolute Gasteiger partial charge is 0.401 e. The van der Waals surface area contributed by atoms with Crippen LogP contribution in [0.3, 0.4) is 0 Å². The third-order valence-electron chi connectivity index (χ3n) is 2.55. The van der Waals surface area contributed by atoms with E-state index in [9.17, 15) is 26.7 Å². The molecular weight excluding hydrogens is 297 g/mol. The molecule has 0 heterocycles. The SMILES string of the molecule is CCOC(=O)C(NCC(F)(F)F)c1ccc(C(F)F)cc1. The van der Waals surface area contributed by atoms with Gasteiger partial charge in [0.2, 0.25) is 0 Å². The van der Waals surface area contributed by atoms with Crippen LogP contribution in [0.15, 0.2) is 24.3 Å². The van der Waals surface area contributed by atoms with Crippen molar-refractivity contribution in [2.45, 2.75) is 25.6 Å². The molecule has 118 valence electrons. The zero-order valence-corrected chi connectivity index (χ0v) is 11.1. The number of alkyl halides is 5. The molecule has 0 aromatic heterocycles. The number of ether oxygens (including phenoxy) is 1. The minimum absolute atomic E-state index is 0.00184. The van der Waals surface area contributed by atoms with Crippen LogP contribution in [0.5, 0.6) is 0 Å². The van der Waals surface area contributed by atoms with Crippen LogP contribution in [-0.4, -0.2) is 25.3 Å². The fraction of sp³-hybridized carbons (Fsp3) is 0.462. The van der Waals surface area contributed by atoms with Crippen molar-refractivity contribution >= 4 is 5.97 Å². The number of carbonyl (C=O) groups excluding carboxylic acids is 1. The van der Waals surface area contributed by atoms with E-state index in [-0.39, 0.29) is 17.7 Å². The van der Waals surface area contributed by atoms with Crippen molar-refractivity contribution in [3.8, 4) is 0 Å². The largest absolute Gasteiger partial charge is 0.465 e. The quantitative estimate of drug-likeness (QED) is 0.646. The summed E-state index contributed by atoms with van der Waals surface area (Å²) in [5.74, 6) is -0.897. The Kier molecular flexibility index (Phi) is 6.07. The lowest BCUT2D eigenvalue weighted by molar-refractivity contribution is -0.149. The van der Waals surface area contributed by atoms with Gasteiger partial charge in [0, 0.05) is 5.56 Å². The van der Waals surface area contributed by atoms with Crippen molar-refractivity contribution in [3.63, 3.8) is 0 Å². The molecule has 0 radical (unpaired) electrons. The molecule has 0 saturated carbocycles. The minimum Gasteiger partial charge on any atom is -0.465 e. The molecule has 0 fully saturated rings. The molecule has 0 saturated heterocycles. The zero-order chi connectivity index (χ0) is 16.0. The second kappa shape index (κ2) is 7.35. The third-order valence-corrected chi connectivity index (χ3v) is 2.55. The van der Waals surface area contributed by atoms with Crippen molar-refractivity contribution in [2.24, 2.45) is 0 Å². The Labute approximate surface area is 118 Å². The summed E-state index contributed by atoms with van der Waals surface area (Å²) < 4.78 is 66.3. The second-order valence-corrected chi connectivity index (χ2v) is 4.15. The minimum atomic E-state index is -4.51. The Hall–Kier alpha value is -1.70. The summed E-state index contributed by atoms with van der Waals surface area (Å²) >= 11 is 0. The molecule has 8 heteroatoms. The highest BCUT2D eigenvalue weighted by Gasteiger charge is 2.31. The molecule has 0 aliphatic carbocycles. The Balaban J connectivity index is 2.91. The lowest BCUT2D eigenvalue weighted by Crippen LogP contribution is -2.36. The first-order valence-electron chi connectivity index (χ1n) is 6.09. The number of benzene rings is 1. The number of rotatable bonds is 6. The highest BCUT2D eigenvalue weighted by Crippen LogP contribution is 2.23. The van der Waals surface area contributed by atoms with Crippen molar-refractivity contribution in [2.75, 3.05) is 13.2 Å². The van der Waals surface area contributed by atoms with Crippen LogP contribution in [0, 0.1) is 0 Å². The van der Waals surface area contributed by atoms with E-state index in [0.29, 0.717) is 0 Å². The highest BCUT2D eigenvalue weighted by atomic mass is 19.4. The van der Waals surface area contributed by atoms with Gasteiger partial charge in [-0.2, -0.15) is 13.2 Å². The Bertz CT molecular complexity index is 459. The van der Waals surface area contributed by atoms with Crippen LogP contribution in [0.1, 0.15) is 30.5 Å². The summed E-state index contributed by atoms with van der Waals surface area (Å²) in [4.78, 5) is 11.7. The summed E-state index contributed by atoms with van der Waals surface area (Å²) in [6, 6.07) is 3.10. The van der Waals surface area contributed by atoms with Gasteiger partial charge in [0.15, 0.2) is 0 Å². The van der Waals surface area contributed by atoms with Crippen LogP contribution in [0.2, 0.25) is 0 Å². The first-order valence-corrected chi connectivity index (χ1v) is 6.09. The van der Waals surface area contributed by atoms with Crippen LogP contribution < -0.4 is 5.32 Å². The molecule has 1 N–H and O–H groups in total. The zero-order valence-electron chi connectivity index (χ0n) is 11.1. The molecule has 1 aromatic rings.